The van der Waals surface area contributed by atoms with Crippen molar-refractivity contribution >= 4 is 22.9 Å². The lowest BCUT2D eigenvalue weighted by molar-refractivity contribution is 0.440. The first-order valence-corrected chi connectivity index (χ1v) is 9.25. The number of aromatic nitrogens is 1. The van der Waals surface area contributed by atoms with Crippen molar-refractivity contribution in [3.63, 3.8) is 0 Å². The molecule has 3 rings (SSSR count). The number of guanidine groups is 1. The molecule has 0 atom stereocenters. The molecule has 0 radical (unpaired) electrons. The molecule has 1 aromatic heterocycles. The molecule has 24 heavy (non-hydrogen) atoms. The van der Waals surface area contributed by atoms with Gasteiger partial charge in [0, 0.05) is 38.5 Å². The summed E-state index contributed by atoms with van der Waals surface area (Å²) in [7, 11) is 1.85. The van der Waals surface area contributed by atoms with Gasteiger partial charge in [-0.15, -0.1) is 11.3 Å². The van der Waals surface area contributed by atoms with Crippen molar-refractivity contribution in [2.45, 2.75) is 19.8 Å². The zero-order chi connectivity index (χ0) is 16.8. The molecule has 1 N–H and O–H groups in total. The Labute approximate surface area is 148 Å². The average molecular weight is 340 g/mol. The molecule has 0 bridgehead atoms. The number of aryl methyl sites for hydroxylation is 1. The van der Waals surface area contributed by atoms with Gasteiger partial charge in [0.1, 0.15) is 0 Å². The highest BCUT2D eigenvalue weighted by Gasteiger charge is 2.15. The number of aliphatic imine (C=N–C) groups is 1. The number of nitrogens with zero attached hydrogens (tertiary/aromatic N) is 3. The van der Waals surface area contributed by atoms with Gasteiger partial charge < -0.3 is 10.2 Å². The number of thiazole rings is 1. The number of hydrogen-bond donors (Lipinski definition) is 1. The van der Waals surface area contributed by atoms with E-state index in [2.05, 4.69) is 62.0 Å². The molecule has 126 valence electrons. The topological polar surface area (TPSA) is 40.5 Å². The number of nitrogens with one attached hydrogen (secondary N) is 1. The molecule has 0 saturated heterocycles. The van der Waals surface area contributed by atoms with Crippen LogP contribution in [0.5, 0.6) is 0 Å². The van der Waals surface area contributed by atoms with E-state index in [1.54, 1.807) is 11.3 Å². The van der Waals surface area contributed by atoms with Crippen molar-refractivity contribution < 1.29 is 0 Å². The van der Waals surface area contributed by atoms with Crippen LogP contribution in [-0.2, 0) is 6.42 Å². The summed E-state index contributed by atoms with van der Waals surface area (Å²) in [5.74, 6) is 0.977. The first-order chi connectivity index (χ1) is 11.8. The molecule has 2 heterocycles. The number of rotatable bonds is 4. The van der Waals surface area contributed by atoms with Gasteiger partial charge in [-0.3, -0.25) is 4.99 Å². The average Bonchev–Trinajstić information content (AvgIpc) is 3.05. The van der Waals surface area contributed by atoms with E-state index < -0.39 is 0 Å². The van der Waals surface area contributed by atoms with Gasteiger partial charge in [0.2, 0.25) is 0 Å². The summed E-state index contributed by atoms with van der Waals surface area (Å²) < 4.78 is 0. The third-order valence-electron chi connectivity index (χ3n) is 4.20. The molecule has 1 aromatic carbocycles. The van der Waals surface area contributed by atoms with Crippen LogP contribution < -0.4 is 5.32 Å². The van der Waals surface area contributed by atoms with Gasteiger partial charge in [-0.2, -0.15) is 0 Å². The minimum absolute atomic E-state index is 0.863. The quantitative estimate of drug-likeness (QED) is 0.685. The van der Waals surface area contributed by atoms with E-state index in [9.17, 15) is 0 Å². The van der Waals surface area contributed by atoms with Crippen molar-refractivity contribution in [2.75, 3.05) is 26.7 Å². The lowest BCUT2D eigenvalue weighted by Gasteiger charge is -2.29. The molecule has 0 fully saturated rings. The van der Waals surface area contributed by atoms with E-state index in [0.717, 1.165) is 49.1 Å². The minimum Gasteiger partial charge on any atom is -0.356 e. The van der Waals surface area contributed by atoms with Gasteiger partial charge in [-0.05, 0) is 24.5 Å². The Morgan fingerprint density at radius 2 is 2.17 bits per heavy atom. The van der Waals surface area contributed by atoms with Crippen LogP contribution >= 0.6 is 11.3 Å². The van der Waals surface area contributed by atoms with Gasteiger partial charge in [-0.1, -0.05) is 36.4 Å². The first-order valence-electron chi connectivity index (χ1n) is 8.37. The van der Waals surface area contributed by atoms with Crippen LogP contribution in [0, 0.1) is 6.92 Å². The molecule has 2 aromatic rings. The molecule has 1 aliphatic rings. The Bertz CT molecular complexity index is 718. The van der Waals surface area contributed by atoms with Crippen LogP contribution in [-0.4, -0.2) is 42.5 Å². The van der Waals surface area contributed by atoms with E-state index in [1.807, 2.05) is 14.0 Å². The smallest absolute Gasteiger partial charge is 0.193 e. The zero-order valence-corrected chi connectivity index (χ0v) is 15.1. The SMILES string of the molecule is CN=C(NCCc1csc(C)n1)N1CC=C(c2ccccc2)CC1. The summed E-state index contributed by atoms with van der Waals surface area (Å²) >= 11 is 1.71. The van der Waals surface area contributed by atoms with Crippen LogP contribution in [0.25, 0.3) is 5.57 Å². The predicted octanol–water partition coefficient (Wildman–Crippen LogP) is 3.36. The largest absolute Gasteiger partial charge is 0.356 e. The van der Waals surface area contributed by atoms with Crippen molar-refractivity contribution in [1.29, 1.82) is 0 Å². The van der Waals surface area contributed by atoms with Crippen LogP contribution in [0.3, 0.4) is 0 Å². The minimum atomic E-state index is 0.863. The summed E-state index contributed by atoms with van der Waals surface area (Å²) in [6.45, 7) is 4.81. The van der Waals surface area contributed by atoms with Gasteiger partial charge in [-0.25, -0.2) is 4.98 Å². The predicted molar refractivity (Wildman–Crippen MR) is 103 cm³/mol. The van der Waals surface area contributed by atoms with Crippen LogP contribution in [0.1, 0.15) is 22.7 Å². The maximum atomic E-state index is 4.50. The number of hydrogen-bond acceptors (Lipinski definition) is 3. The molecule has 5 heteroatoms. The molecule has 0 amide bonds. The van der Waals surface area contributed by atoms with Gasteiger partial charge in [0.05, 0.1) is 10.7 Å². The highest BCUT2D eigenvalue weighted by molar-refractivity contribution is 7.09. The lowest BCUT2D eigenvalue weighted by atomic mass is 10.00. The lowest BCUT2D eigenvalue weighted by Crippen LogP contribution is -2.44. The van der Waals surface area contributed by atoms with E-state index in [-0.39, 0.29) is 0 Å². The molecule has 0 aliphatic carbocycles. The fraction of sp³-hybridized carbons (Fsp3) is 0.368. The van der Waals surface area contributed by atoms with E-state index in [0.29, 0.717) is 0 Å². The fourth-order valence-corrected chi connectivity index (χ4v) is 3.58. The third kappa shape index (κ3) is 4.23. The van der Waals surface area contributed by atoms with Gasteiger partial charge in [0.25, 0.3) is 0 Å². The van der Waals surface area contributed by atoms with Crippen molar-refractivity contribution in [3.05, 3.63) is 58.1 Å². The second-order valence-electron chi connectivity index (χ2n) is 5.87. The Balaban J connectivity index is 1.53. The standard InChI is InChI=1S/C19H24N4S/c1-15-22-18(14-24-15)8-11-21-19(20-2)23-12-9-17(10-13-23)16-6-4-3-5-7-16/h3-7,9,14H,8,10-13H2,1-2H3,(H,20,21). The normalized spacial score (nSPS) is 15.3. The fourth-order valence-electron chi connectivity index (χ4n) is 2.93. The Morgan fingerprint density at radius 3 is 2.79 bits per heavy atom. The van der Waals surface area contributed by atoms with Crippen molar-refractivity contribution in [3.8, 4) is 0 Å². The maximum Gasteiger partial charge on any atom is 0.193 e. The molecule has 4 nitrogen and oxygen atoms in total. The Hall–Kier alpha value is -2.14. The van der Waals surface area contributed by atoms with E-state index in [4.69, 9.17) is 0 Å². The third-order valence-corrected chi connectivity index (χ3v) is 5.02. The summed E-state index contributed by atoms with van der Waals surface area (Å²) in [4.78, 5) is 11.2. The summed E-state index contributed by atoms with van der Waals surface area (Å²) in [5.41, 5.74) is 3.92. The van der Waals surface area contributed by atoms with Crippen LogP contribution in [0.4, 0.5) is 0 Å². The monoisotopic (exact) mass is 340 g/mol. The van der Waals surface area contributed by atoms with Crippen LogP contribution in [0.15, 0.2) is 46.8 Å². The summed E-state index contributed by atoms with van der Waals surface area (Å²) in [6.07, 6.45) is 4.30. The molecular weight excluding hydrogens is 316 g/mol. The zero-order valence-electron chi connectivity index (χ0n) is 14.3. The number of benzene rings is 1. The van der Waals surface area contributed by atoms with E-state index in [1.165, 1.54) is 11.1 Å². The van der Waals surface area contributed by atoms with Crippen molar-refractivity contribution in [1.82, 2.24) is 15.2 Å². The molecular formula is C19H24N4S. The van der Waals surface area contributed by atoms with Crippen molar-refractivity contribution in [2.24, 2.45) is 4.99 Å². The summed E-state index contributed by atoms with van der Waals surface area (Å²) in [5, 5.41) is 6.73. The molecule has 0 spiro atoms. The Morgan fingerprint density at radius 1 is 1.33 bits per heavy atom. The second-order valence-corrected chi connectivity index (χ2v) is 6.94. The van der Waals surface area contributed by atoms with Gasteiger partial charge in [0.15, 0.2) is 5.96 Å². The second kappa shape index (κ2) is 8.11. The Kier molecular flexibility index (Phi) is 5.64. The highest BCUT2D eigenvalue weighted by atomic mass is 32.1. The summed E-state index contributed by atoms with van der Waals surface area (Å²) in [6, 6.07) is 10.6. The van der Waals surface area contributed by atoms with Gasteiger partial charge >= 0.3 is 0 Å². The van der Waals surface area contributed by atoms with Crippen LogP contribution in [0.2, 0.25) is 0 Å². The first kappa shape index (κ1) is 16.7. The highest BCUT2D eigenvalue weighted by Crippen LogP contribution is 2.21. The molecule has 1 aliphatic heterocycles. The van der Waals surface area contributed by atoms with E-state index >= 15 is 0 Å². The maximum absolute atomic E-state index is 4.50. The molecule has 0 saturated carbocycles. The molecule has 0 unspecified atom stereocenters.